The van der Waals surface area contributed by atoms with Gasteiger partial charge in [0.2, 0.25) is 0 Å². The van der Waals surface area contributed by atoms with Crippen molar-refractivity contribution in [3.63, 3.8) is 0 Å². The highest BCUT2D eigenvalue weighted by molar-refractivity contribution is 6.07. The van der Waals surface area contributed by atoms with Gasteiger partial charge in [0.1, 0.15) is 5.75 Å². The van der Waals surface area contributed by atoms with E-state index in [-0.39, 0.29) is 5.97 Å². The molecule has 0 aliphatic rings. The molecule has 3 N–H and O–H groups in total. The largest absolute Gasteiger partial charge is 0.497 e. The summed E-state index contributed by atoms with van der Waals surface area (Å²) in [6.45, 7) is 2.10. The van der Waals surface area contributed by atoms with Gasteiger partial charge in [-0.05, 0) is 13.0 Å². The minimum absolute atomic E-state index is 0.338. The number of carbonyl (C=O) groups excluding carboxylic acids is 1. The Hall–Kier alpha value is -2.17. The number of aromatic nitrogens is 1. The first-order valence-electron chi connectivity index (χ1n) is 5.29. The molecule has 5 nitrogen and oxygen atoms in total. The lowest BCUT2D eigenvalue weighted by Gasteiger charge is -2.04. The lowest BCUT2D eigenvalue weighted by molar-refractivity contribution is 0.0529. The number of hydrogen-bond acceptors (Lipinski definition) is 4. The fourth-order valence-corrected chi connectivity index (χ4v) is 1.73. The molecule has 0 spiro atoms. The van der Waals surface area contributed by atoms with Crippen LogP contribution in [0.1, 0.15) is 17.3 Å². The number of ether oxygens (including phenoxy) is 2. The van der Waals surface area contributed by atoms with E-state index in [1.807, 2.05) is 0 Å². The molecule has 0 bridgehead atoms. The van der Waals surface area contributed by atoms with Crippen LogP contribution in [0.5, 0.6) is 5.75 Å². The zero-order valence-corrected chi connectivity index (χ0v) is 9.74. The van der Waals surface area contributed by atoms with Crippen molar-refractivity contribution in [1.82, 2.24) is 4.98 Å². The van der Waals surface area contributed by atoms with Crippen LogP contribution in [0.4, 0.5) is 5.69 Å². The molecule has 0 saturated carbocycles. The first-order valence-corrected chi connectivity index (χ1v) is 5.29. The van der Waals surface area contributed by atoms with Crippen LogP contribution in [0.25, 0.3) is 10.9 Å². The quantitative estimate of drug-likeness (QED) is 0.628. The van der Waals surface area contributed by atoms with E-state index < -0.39 is 0 Å². The SMILES string of the molecule is CCOC(=O)c1c[nH]c2c(N)cc(OC)cc12. The molecule has 0 aliphatic heterocycles. The van der Waals surface area contributed by atoms with Crippen molar-refractivity contribution in [2.45, 2.75) is 6.92 Å². The van der Waals surface area contributed by atoms with E-state index in [0.29, 0.717) is 34.5 Å². The summed E-state index contributed by atoms with van der Waals surface area (Å²) in [5.41, 5.74) is 7.58. The maximum absolute atomic E-state index is 11.7. The maximum atomic E-state index is 11.7. The lowest BCUT2D eigenvalue weighted by Crippen LogP contribution is -2.03. The number of methoxy groups -OCH3 is 1. The van der Waals surface area contributed by atoms with Gasteiger partial charge in [-0.3, -0.25) is 0 Å². The van der Waals surface area contributed by atoms with Crippen LogP contribution in [0.3, 0.4) is 0 Å². The van der Waals surface area contributed by atoms with Crippen molar-refractivity contribution in [2.75, 3.05) is 19.5 Å². The number of nitrogen functional groups attached to an aromatic ring is 1. The van der Waals surface area contributed by atoms with Crippen LogP contribution < -0.4 is 10.5 Å². The number of anilines is 1. The number of nitrogens with two attached hydrogens (primary N) is 1. The molecule has 1 aromatic heterocycles. The first-order chi connectivity index (χ1) is 8.17. The van der Waals surface area contributed by atoms with Gasteiger partial charge in [0.05, 0.1) is 30.5 Å². The molecule has 2 aromatic rings. The Bertz CT molecular complexity index is 560. The van der Waals surface area contributed by atoms with E-state index in [1.165, 1.54) is 0 Å². The van der Waals surface area contributed by atoms with Crippen molar-refractivity contribution in [3.8, 4) is 5.75 Å². The van der Waals surface area contributed by atoms with Gasteiger partial charge in [-0.25, -0.2) is 4.79 Å². The van der Waals surface area contributed by atoms with E-state index in [0.717, 1.165) is 0 Å². The van der Waals surface area contributed by atoms with E-state index >= 15 is 0 Å². The Labute approximate surface area is 98.5 Å². The Morgan fingerprint density at radius 1 is 1.47 bits per heavy atom. The van der Waals surface area contributed by atoms with Crippen molar-refractivity contribution in [2.24, 2.45) is 0 Å². The molecule has 0 atom stereocenters. The average molecular weight is 234 g/mol. The summed E-state index contributed by atoms with van der Waals surface area (Å²) in [4.78, 5) is 14.7. The molecule has 1 heterocycles. The lowest BCUT2D eigenvalue weighted by atomic mass is 10.1. The predicted molar refractivity (Wildman–Crippen MR) is 65.2 cm³/mol. The van der Waals surface area contributed by atoms with Crippen LogP contribution in [0.2, 0.25) is 0 Å². The van der Waals surface area contributed by atoms with Crippen molar-refractivity contribution in [1.29, 1.82) is 0 Å². The average Bonchev–Trinajstić information content (AvgIpc) is 2.73. The van der Waals surface area contributed by atoms with Gasteiger partial charge in [-0.2, -0.15) is 0 Å². The van der Waals surface area contributed by atoms with Crippen molar-refractivity contribution >= 4 is 22.6 Å². The highest BCUT2D eigenvalue weighted by Gasteiger charge is 2.15. The fraction of sp³-hybridized carbons (Fsp3) is 0.250. The summed E-state index contributed by atoms with van der Waals surface area (Å²) in [6.07, 6.45) is 1.60. The van der Waals surface area contributed by atoms with Crippen LogP contribution in [-0.2, 0) is 4.74 Å². The second-order valence-electron chi connectivity index (χ2n) is 3.56. The van der Waals surface area contributed by atoms with E-state index in [2.05, 4.69) is 4.98 Å². The zero-order chi connectivity index (χ0) is 12.4. The Morgan fingerprint density at radius 3 is 2.88 bits per heavy atom. The molecule has 17 heavy (non-hydrogen) atoms. The summed E-state index contributed by atoms with van der Waals surface area (Å²) in [6, 6.07) is 3.46. The number of esters is 1. The minimum atomic E-state index is -0.369. The highest BCUT2D eigenvalue weighted by Crippen LogP contribution is 2.29. The monoisotopic (exact) mass is 234 g/mol. The van der Waals surface area contributed by atoms with Gasteiger partial charge in [0.25, 0.3) is 0 Å². The van der Waals surface area contributed by atoms with E-state index in [9.17, 15) is 4.79 Å². The van der Waals surface area contributed by atoms with Crippen molar-refractivity contribution in [3.05, 3.63) is 23.9 Å². The second-order valence-corrected chi connectivity index (χ2v) is 3.56. The number of hydrogen-bond donors (Lipinski definition) is 2. The van der Waals surface area contributed by atoms with E-state index in [4.69, 9.17) is 15.2 Å². The van der Waals surface area contributed by atoms with Crippen LogP contribution in [0, 0.1) is 0 Å². The first kappa shape index (κ1) is 11.3. The summed E-state index contributed by atoms with van der Waals surface area (Å²) in [5, 5.41) is 0.709. The Kier molecular flexibility index (Phi) is 2.91. The van der Waals surface area contributed by atoms with Crippen molar-refractivity contribution < 1.29 is 14.3 Å². The third-order valence-electron chi connectivity index (χ3n) is 2.52. The van der Waals surface area contributed by atoms with Crippen LogP contribution in [-0.4, -0.2) is 24.7 Å². The molecule has 0 aliphatic carbocycles. The fourth-order valence-electron chi connectivity index (χ4n) is 1.73. The Balaban J connectivity index is 2.58. The highest BCUT2D eigenvalue weighted by atomic mass is 16.5. The minimum Gasteiger partial charge on any atom is -0.497 e. The molecule has 0 saturated heterocycles. The molecule has 5 heteroatoms. The number of carbonyl (C=O) groups is 1. The zero-order valence-electron chi connectivity index (χ0n) is 9.74. The summed E-state index contributed by atoms with van der Waals surface area (Å²) < 4.78 is 10.1. The summed E-state index contributed by atoms with van der Waals surface area (Å²) in [7, 11) is 1.55. The third-order valence-corrected chi connectivity index (χ3v) is 2.52. The molecule has 0 radical (unpaired) electrons. The number of H-pyrrole nitrogens is 1. The molecule has 0 amide bonds. The summed E-state index contributed by atoms with van der Waals surface area (Å²) in [5.74, 6) is 0.242. The van der Waals surface area contributed by atoms with Crippen LogP contribution >= 0.6 is 0 Å². The molecule has 0 unspecified atom stereocenters. The topological polar surface area (TPSA) is 77.3 Å². The molecule has 2 rings (SSSR count). The van der Waals surface area contributed by atoms with Gasteiger partial charge < -0.3 is 20.2 Å². The number of rotatable bonds is 3. The molecular weight excluding hydrogens is 220 g/mol. The summed E-state index contributed by atoms with van der Waals surface area (Å²) >= 11 is 0. The Morgan fingerprint density at radius 2 is 2.24 bits per heavy atom. The molecule has 1 aromatic carbocycles. The van der Waals surface area contributed by atoms with Gasteiger partial charge >= 0.3 is 5.97 Å². The van der Waals surface area contributed by atoms with Crippen LogP contribution in [0.15, 0.2) is 18.3 Å². The van der Waals surface area contributed by atoms with E-state index in [1.54, 1.807) is 32.4 Å². The molecule has 0 fully saturated rings. The molecule has 90 valence electrons. The number of aromatic amines is 1. The normalized spacial score (nSPS) is 10.5. The van der Waals surface area contributed by atoms with Gasteiger partial charge in [0.15, 0.2) is 0 Å². The number of fused-ring (bicyclic) bond motifs is 1. The number of nitrogens with one attached hydrogen (secondary N) is 1. The van der Waals surface area contributed by atoms with Gasteiger partial charge in [-0.1, -0.05) is 0 Å². The smallest absolute Gasteiger partial charge is 0.340 e. The predicted octanol–water partition coefficient (Wildman–Crippen LogP) is 1.94. The second kappa shape index (κ2) is 4.37. The number of benzene rings is 1. The third kappa shape index (κ3) is 1.91. The molecular formula is C12H14N2O3. The van der Waals surface area contributed by atoms with Gasteiger partial charge in [-0.15, -0.1) is 0 Å². The maximum Gasteiger partial charge on any atom is 0.340 e. The van der Waals surface area contributed by atoms with Gasteiger partial charge in [0, 0.05) is 17.6 Å². The standard InChI is InChI=1S/C12H14N2O3/c1-3-17-12(15)9-6-14-11-8(9)4-7(16-2)5-10(11)13/h4-6,14H,3,13H2,1-2H3.